The molecular weight excluding hydrogens is 676 g/mol. The van der Waals surface area contributed by atoms with Crippen molar-refractivity contribution in [1.82, 2.24) is 0 Å². The van der Waals surface area contributed by atoms with Gasteiger partial charge in [0, 0.05) is 12.3 Å². The van der Waals surface area contributed by atoms with Crippen LogP contribution in [0.15, 0.2) is 11.6 Å². The van der Waals surface area contributed by atoms with Crippen molar-refractivity contribution in [1.29, 1.82) is 0 Å². The molecule has 0 bridgehead atoms. The van der Waals surface area contributed by atoms with Crippen molar-refractivity contribution in [3.8, 4) is 0 Å². The van der Waals surface area contributed by atoms with Gasteiger partial charge in [0.2, 0.25) is 0 Å². The summed E-state index contributed by atoms with van der Waals surface area (Å²) in [7, 11) is 0. The third kappa shape index (κ3) is 5.90. The van der Waals surface area contributed by atoms with Gasteiger partial charge in [-0.05, 0) is 91.8 Å². The zero-order valence-corrected chi connectivity index (χ0v) is 31.0. The van der Waals surface area contributed by atoms with Gasteiger partial charge < -0.3 is 64.2 Å². The monoisotopic (exact) mass is 738 g/mol. The molecule has 1 spiro atoms. The number of hydrogen-bond donors (Lipinski definition) is 7. The van der Waals surface area contributed by atoms with Crippen LogP contribution in [0.2, 0.25) is 0 Å². The Morgan fingerprint density at radius 1 is 0.788 bits per heavy atom. The zero-order valence-electron chi connectivity index (χ0n) is 31.0. The predicted molar refractivity (Wildman–Crippen MR) is 183 cm³/mol. The second-order valence-corrected chi connectivity index (χ2v) is 18.3. The minimum Gasteiger partial charge on any atom is -0.394 e. The number of rotatable bonds is 6. The molecular formula is C39H62O13. The van der Waals surface area contributed by atoms with Crippen molar-refractivity contribution in [2.24, 2.45) is 46.3 Å². The third-order valence-electron chi connectivity index (χ3n) is 15.6. The van der Waals surface area contributed by atoms with Crippen molar-refractivity contribution in [3.63, 3.8) is 0 Å². The van der Waals surface area contributed by atoms with Crippen molar-refractivity contribution in [2.75, 3.05) is 19.8 Å². The van der Waals surface area contributed by atoms with E-state index in [0.717, 1.165) is 38.7 Å². The van der Waals surface area contributed by atoms with Crippen molar-refractivity contribution in [2.45, 2.75) is 165 Å². The van der Waals surface area contributed by atoms with E-state index in [-0.39, 0.29) is 23.0 Å². The van der Waals surface area contributed by atoms with E-state index in [1.165, 1.54) is 24.8 Å². The van der Waals surface area contributed by atoms with E-state index in [2.05, 4.69) is 33.8 Å². The lowest BCUT2D eigenvalue weighted by molar-refractivity contribution is -0.363. The summed E-state index contributed by atoms with van der Waals surface area (Å²) in [5.41, 5.74) is 1.70. The second kappa shape index (κ2) is 14.0. The summed E-state index contributed by atoms with van der Waals surface area (Å²) in [6, 6.07) is 0. The minimum absolute atomic E-state index is 0.0572. The first-order valence-corrected chi connectivity index (χ1v) is 20.0. The molecule has 296 valence electrons. The Morgan fingerprint density at radius 3 is 2.21 bits per heavy atom. The first-order chi connectivity index (χ1) is 24.7. The van der Waals surface area contributed by atoms with Gasteiger partial charge in [-0.15, -0.1) is 0 Å². The average Bonchev–Trinajstić information content (AvgIpc) is 3.58. The van der Waals surface area contributed by atoms with Crippen LogP contribution in [-0.4, -0.2) is 135 Å². The number of aliphatic hydroxyl groups excluding tert-OH is 7. The fourth-order valence-electron chi connectivity index (χ4n) is 12.6. The summed E-state index contributed by atoms with van der Waals surface area (Å²) in [4.78, 5) is 0. The van der Waals surface area contributed by atoms with Gasteiger partial charge in [-0.25, -0.2) is 0 Å². The number of hydrogen-bond acceptors (Lipinski definition) is 13. The molecule has 0 aromatic carbocycles. The van der Waals surface area contributed by atoms with Crippen LogP contribution < -0.4 is 0 Å². The van der Waals surface area contributed by atoms with Gasteiger partial charge >= 0.3 is 0 Å². The van der Waals surface area contributed by atoms with E-state index in [9.17, 15) is 35.7 Å². The van der Waals surface area contributed by atoms with Gasteiger partial charge in [0.05, 0.1) is 32.0 Å². The molecule has 4 aliphatic heterocycles. The molecule has 4 aliphatic carbocycles. The Kier molecular flexibility index (Phi) is 10.3. The van der Waals surface area contributed by atoms with Crippen molar-refractivity contribution >= 4 is 0 Å². The summed E-state index contributed by atoms with van der Waals surface area (Å²) in [6.45, 7) is 9.20. The lowest BCUT2D eigenvalue weighted by atomic mass is 9.47. The van der Waals surface area contributed by atoms with Crippen LogP contribution in [0.25, 0.3) is 0 Å². The Bertz CT molecular complexity index is 1320. The van der Waals surface area contributed by atoms with Gasteiger partial charge in [0.15, 0.2) is 18.4 Å². The van der Waals surface area contributed by atoms with E-state index in [1.807, 2.05) is 0 Å². The zero-order chi connectivity index (χ0) is 36.9. The lowest BCUT2D eigenvalue weighted by Crippen LogP contribution is -2.65. The molecule has 8 rings (SSSR count). The summed E-state index contributed by atoms with van der Waals surface area (Å²) >= 11 is 0. The number of fused-ring (bicyclic) bond motifs is 7. The first kappa shape index (κ1) is 38.1. The van der Waals surface area contributed by atoms with E-state index in [0.29, 0.717) is 41.9 Å². The van der Waals surface area contributed by atoms with Gasteiger partial charge in [-0.1, -0.05) is 39.3 Å². The minimum atomic E-state index is -1.72. The van der Waals surface area contributed by atoms with Crippen LogP contribution in [0.5, 0.6) is 0 Å². The maximum Gasteiger partial charge on any atom is 0.187 e. The van der Waals surface area contributed by atoms with E-state index in [4.69, 9.17) is 28.4 Å². The lowest BCUT2D eigenvalue weighted by Gasteiger charge is -2.58. The summed E-state index contributed by atoms with van der Waals surface area (Å²) in [6.07, 6.45) is -3.06. The highest BCUT2D eigenvalue weighted by atomic mass is 16.7. The Morgan fingerprint density at radius 2 is 1.50 bits per heavy atom. The highest BCUT2D eigenvalue weighted by Gasteiger charge is 2.68. The molecule has 21 atom stereocenters. The molecule has 4 saturated heterocycles. The fraction of sp³-hybridized carbons (Fsp3) is 0.949. The molecule has 7 fully saturated rings. The van der Waals surface area contributed by atoms with Crippen LogP contribution in [0, 0.1) is 46.3 Å². The standard InChI is InChI=1S/C39H62O13/c1-18-7-12-39(47-17-18)19(2)28-25(52-39)14-24-22-6-5-20-13-21(8-10-37(20,3)23(22)9-11-38(24,28)4)48-35-33(46)31(44)34(27(16-41)50-35)51-36-32(45)30(43)29(42)26(15-40)49-36/h5,18-19,21-36,40-46H,6-17H2,1-4H3/t18?,19?,21-,22?,23?,24?,25?,26+,27+,28?,29+,30-,31+,32+,33+,34+,35+,36-,37-,38-,39?/m0/s1. The molecule has 8 unspecified atom stereocenters. The number of ether oxygens (including phenoxy) is 6. The molecule has 0 aromatic heterocycles. The first-order valence-electron chi connectivity index (χ1n) is 20.0. The van der Waals surface area contributed by atoms with Crippen molar-refractivity contribution < 1.29 is 64.2 Å². The Balaban J connectivity index is 0.913. The quantitative estimate of drug-likeness (QED) is 0.193. The smallest absolute Gasteiger partial charge is 0.187 e. The Hall–Kier alpha value is -0.780. The Labute approximate surface area is 306 Å². The van der Waals surface area contributed by atoms with Crippen LogP contribution in [0.3, 0.4) is 0 Å². The SMILES string of the molecule is CC1CCC2(OC1)OC1CC3C4CC=C5C[C@@H](O[C@@H]6O[C@H](CO)[C@@H](O[C@@H]7O[C@H](CO)[C@@H](O)[C@H](O)[C@H]7O)[C@H](O)[C@H]6O)CC[C@]5(C)C4CC[C@]3(C)C1C2C. The second-order valence-electron chi connectivity index (χ2n) is 18.3. The number of aliphatic hydroxyl groups is 7. The van der Waals surface area contributed by atoms with Crippen LogP contribution in [0.4, 0.5) is 0 Å². The van der Waals surface area contributed by atoms with Crippen LogP contribution >= 0.6 is 0 Å². The summed E-state index contributed by atoms with van der Waals surface area (Å²) in [5.74, 6) is 2.92. The summed E-state index contributed by atoms with van der Waals surface area (Å²) in [5, 5.41) is 72.7. The van der Waals surface area contributed by atoms with Gasteiger partial charge in [-0.3, -0.25) is 0 Å². The van der Waals surface area contributed by atoms with Gasteiger partial charge in [0.1, 0.15) is 48.8 Å². The maximum absolute atomic E-state index is 11.1. The molecule has 0 aromatic rings. The van der Waals surface area contributed by atoms with Crippen LogP contribution in [-0.2, 0) is 28.4 Å². The molecule has 3 saturated carbocycles. The largest absolute Gasteiger partial charge is 0.394 e. The van der Waals surface area contributed by atoms with E-state index in [1.54, 1.807) is 0 Å². The topological polar surface area (TPSA) is 197 Å². The molecule has 13 nitrogen and oxygen atoms in total. The molecule has 0 radical (unpaired) electrons. The molecule has 4 heterocycles. The fourth-order valence-corrected chi connectivity index (χ4v) is 12.6. The normalized spacial score (nSPS) is 57.5. The molecule has 52 heavy (non-hydrogen) atoms. The number of allylic oxidation sites excluding steroid dienone is 1. The van der Waals surface area contributed by atoms with Crippen LogP contribution in [0.1, 0.15) is 85.5 Å². The average molecular weight is 739 g/mol. The van der Waals surface area contributed by atoms with Crippen molar-refractivity contribution in [3.05, 3.63) is 11.6 Å². The molecule has 13 heteroatoms. The molecule has 7 N–H and O–H groups in total. The maximum atomic E-state index is 11.1. The third-order valence-corrected chi connectivity index (χ3v) is 15.6. The van der Waals surface area contributed by atoms with E-state index < -0.39 is 80.4 Å². The highest BCUT2D eigenvalue weighted by Crippen LogP contribution is 2.70. The highest BCUT2D eigenvalue weighted by molar-refractivity contribution is 5.26. The van der Waals surface area contributed by atoms with Gasteiger partial charge in [0.25, 0.3) is 0 Å². The van der Waals surface area contributed by atoms with Gasteiger partial charge in [-0.2, -0.15) is 0 Å². The predicted octanol–water partition coefficient (Wildman–Crippen LogP) is 1.36. The molecule has 0 amide bonds. The van der Waals surface area contributed by atoms with E-state index >= 15 is 0 Å². The summed E-state index contributed by atoms with van der Waals surface area (Å²) < 4.78 is 36.9. The molecule has 8 aliphatic rings.